The number of amides is 3. The third-order valence-electron chi connectivity index (χ3n) is 7.43. The molecule has 0 bridgehead atoms. The van der Waals surface area contributed by atoms with E-state index in [4.69, 9.17) is 0 Å². The number of carbonyl (C=O) groups is 3. The van der Waals surface area contributed by atoms with Gasteiger partial charge in [0.1, 0.15) is 6.04 Å². The first-order valence-corrected chi connectivity index (χ1v) is 12.2. The molecule has 172 valence electrons. The van der Waals surface area contributed by atoms with E-state index in [1.165, 1.54) is 31.2 Å². The van der Waals surface area contributed by atoms with Crippen LogP contribution in [-0.4, -0.2) is 34.7 Å². The fourth-order valence-electron chi connectivity index (χ4n) is 5.62. The van der Waals surface area contributed by atoms with E-state index in [9.17, 15) is 14.4 Å². The zero-order chi connectivity index (χ0) is 22.8. The van der Waals surface area contributed by atoms with Gasteiger partial charge in [-0.3, -0.25) is 19.7 Å². The molecule has 5 rings (SSSR count). The van der Waals surface area contributed by atoms with Crippen LogP contribution in [-0.2, 0) is 22.6 Å². The predicted molar refractivity (Wildman–Crippen MR) is 127 cm³/mol. The Labute approximate surface area is 194 Å². The molecule has 3 aliphatic rings. The smallest absolute Gasteiger partial charge is 0.255 e. The third-order valence-corrected chi connectivity index (χ3v) is 7.43. The highest BCUT2D eigenvalue weighted by molar-refractivity contribution is 6.05. The van der Waals surface area contributed by atoms with Crippen LogP contribution in [0.4, 0.5) is 5.69 Å². The Morgan fingerprint density at radius 3 is 2.61 bits per heavy atom. The minimum atomic E-state index is -0.570. The van der Waals surface area contributed by atoms with E-state index < -0.39 is 6.04 Å². The summed E-state index contributed by atoms with van der Waals surface area (Å²) in [5.41, 5.74) is 4.05. The van der Waals surface area contributed by atoms with Crippen molar-refractivity contribution in [2.75, 3.05) is 5.32 Å². The van der Waals surface area contributed by atoms with Crippen LogP contribution in [0.3, 0.4) is 0 Å². The number of hydrogen-bond donors (Lipinski definition) is 2. The van der Waals surface area contributed by atoms with Crippen molar-refractivity contribution in [3.8, 4) is 0 Å². The molecule has 1 aliphatic carbocycles. The second-order valence-corrected chi connectivity index (χ2v) is 9.59. The van der Waals surface area contributed by atoms with Crippen LogP contribution < -0.4 is 10.6 Å². The summed E-state index contributed by atoms with van der Waals surface area (Å²) in [6, 6.07) is 16.5. The van der Waals surface area contributed by atoms with Gasteiger partial charge in [-0.2, -0.15) is 0 Å². The molecule has 6 heteroatoms. The van der Waals surface area contributed by atoms with Gasteiger partial charge in [0.15, 0.2) is 0 Å². The van der Waals surface area contributed by atoms with Gasteiger partial charge < -0.3 is 10.2 Å². The van der Waals surface area contributed by atoms with E-state index in [1.807, 2.05) is 12.1 Å². The Hall–Kier alpha value is -3.15. The molecule has 2 aromatic rings. The Kier molecular flexibility index (Phi) is 6.16. The maximum atomic E-state index is 12.9. The van der Waals surface area contributed by atoms with Crippen LogP contribution in [0.15, 0.2) is 48.5 Å². The number of anilines is 1. The molecule has 33 heavy (non-hydrogen) atoms. The number of aryl methyl sites for hydroxylation is 1. The summed E-state index contributed by atoms with van der Waals surface area (Å²) in [4.78, 5) is 38.3. The summed E-state index contributed by atoms with van der Waals surface area (Å²) in [5, 5.41) is 6.13. The summed E-state index contributed by atoms with van der Waals surface area (Å²) in [7, 11) is 0. The van der Waals surface area contributed by atoms with E-state index in [0.717, 1.165) is 24.1 Å². The fourth-order valence-corrected chi connectivity index (χ4v) is 5.62. The molecular weight excluding hydrogens is 414 g/mol. The highest BCUT2D eigenvalue weighted by Gasteiger charge is 2.39. The van der Waals surface area contributed by atoms with Crippen LogP contribution in [0.25, 0.3) is 0 Å². The number of benzene rings is 2. The van der Waals surface area contributed by atoms with Gasteiger partial charge >= 0.3 is 0 Å². The molecular formula is C27H31N3O3. The molecule has 2 aromatic carbocycles. The molecule has 1 saturated carbocycles. The van der Waals surface area contributed by atoms with Crippen LogP contribution in [0.2, 0.25) is 0 Å². The van der Waals surface area contributed by atoms with Crippen molar-refractivity contribution in [1.29, 1.82) is 0 Å². The number of imide groups is 1. The first-order chi connectivity index (χ1) is 16.1. The first-order valence-electron chi connectivity index (χ1n) is 12.2. The summed E-state index contributed by atoms with van der Waals surface area (Å²) >= 11 is 0. The maximum Gasteiger partial charge on any atom is 0.255 e. The molecule has 2 fully saturated rings. The molecule has 6 nitrogen and oxygen atoms in total. The molecule has 3 amide bonds. The van der Waals surface area contributed by atoms with E-state index in [1.54, 1.807) is 4.90 Å². The molecule has 1 unspecified atom stereocenters. The van der Waals surface area contributed by atoms with Crippen LogP contribution in [0.1, 0.15) is 66.4 Å². The normalized spacial score (nSPS) is 25.0. The van der Waals surface area contributed by atoms with E-state index in [0.29, 0.717) is 30.5 Å². The lowest BCUT2D eigenvalue weighted by Gasteiger charge is -2.33. The Morgan fingerprint density at radius 1 is 0.970 bits per heavy atom. The van der Waals surface area contributed by atoms with E-state index in [2.05, 4.69) is 47.0 Å². The highest BCUT2D eigenvalue weighted by atomic mass is 16.2. The number of rotatable bonds is 6. The second kappa shape index (κ2) is 9.38. The quantitative estimate of drug-likeness (QED) is 0.658. The van der Waals surface area contributed by atoms with Crippen molar-refractivity contribution in [2.45, 2.75) is 70.0 Å². The summed E-state index contributed by atoms with van der Waals surface area (Å²) < 4.78 is 0. The summed E-state index contributed by atoms with van der Waals surface area (Å²) in [5.74, 6) is -0.117. The van der Waals surface area contributed by atoms with Gasteiger partial charge in [-0.25, -0.2) is 0 Å². The Morgan fingerprint density at radius 2 is 1.79 bits per heavy atom. The zero-order valence-electron chi connectivity index (χ0n) is 18.9. The summed E-state index contributed by atoms with van der Waals surface area (Å²) in [6.45, 7) is 0.415. The first kappa shape index (κ1) is 21.7. The zero-order valence-corrected chi connectivity index (χ0v) is 18.9. The fraction of sp³-hybridized carbons (Fsp3) is 0.444. The van der Waals surface area contributed by atoms with Crippen LogP contribution in [0, 0.1) is 5.92 Å². The molecule has 3 atom stereocenters. The molecule has 1 saturated heterocycles. The van der Waals surface area contributed by atoms with E-state index in [-0.39, 0.29) is 24.1 Å². The van der Waals surface area contributed by atoms with Crippen molar-refractivity contribution in [3.05, 3.63) is 65.2 Å². The Bertz CT molecular complexity index is 1050. The van der Waals surface area contributed by atoms with E-state index >= 15 is 0 Å². The van der Waals surface area contributed by atoms with Crippen LogP contribution in [0.5, 0.6) is 0 Å². The SMILES string of the molecule is O=C1CCC(N2Cc3cc(N[C@@H]4CCCC[C@@H]4CCc4ccccc4)ccc3C2=O)C(=O)N1. The minimum Gasteiger partial charge on any atom is -0.382 e. The standard InChI is InChI=1S/C27H31N3O3/c31-25-15-14-24(26(32)29-25)30-17-20-16-21(12-13-22(20)27(30)33)28-23-9-5-4-8-19(23)11-10-18-6-2-1-3-7-18/h1-3,6-7,12-13,16,19,23-24,28H,4-5,8-11,14-15,17H2,(H,29,31,32)/t19-,23-,24?/m1/s1. The highest BCUT2D eigenvalue weighted by Crippen LogP contribution is 2.33. The number of nitrogens with one attached hydrogen (secondary N) is 2. The number of nitrogens with zero attached hydrogens (tertiary/aromatic N) is 1. The average molecular weight is 446 g/mol. The minimum absolute atomic E-state index is 0.121. The number of carbonyl (C=O) groups excluding carboxylic acids is 3. The van der Waals surface area contributed by atoms with Crippen LogP contribution >= 0.6 is 0 Å². The average Bonchev–Trinajstić information content (AvgIpc) is 3.14. The molecule has 0 radical (unpaired) electrons. The largest absolute Gasteiger partial charge is 0.382 e. The maximum absolute atomic E-state index is 12.9. The van der Waals surface area contributed by atoms with Gasteiger partial charge in [-0.15, -0.1) is 0 Å². The molecule has 0 aromatic heterocycles. The lowest BCUT2D eigenvalue weighted by Crippen LogP contribution is -2.52. The monoisotopic (exact) mass is 445 g/mol. The number of fused-ring (bicyclic) bond motifs is 1. The lowest BCUT2D eigenvalue weighted by atomic mass is 9.81. The van der Waals surface area contributed by atoms with Crippen molar-refractivity contribution >= 4 is 23.4 Å². The van der Waals surface area contributed by atoms with Gasteiger partial charge in [0, 0.05) is 30.3 Å². The van der Waals surface area contributed by atoms with Gasteiger partial charge in [0.25, 0.3) is 5.91 Å². The topological polar surface area (TPSA) is 78.5 Å². The lowest BCUT2D eigenvalue weighted by molar-refractivity contribution is -0.136. The van der Waals surface area contributed by atoms with Gasteiger partial charge in [0.05, 0.1) is 0 Å². The van der Waals surface area contributed by atoms with Crippen molar-refractivity contribution in [2.24, 2.45) is 5.92 Å². The van der Waals surface area contributed by atoms with Gasteiger partial charge in [-0.1, -0.05) is 43.2 Å². The predicted octanol–water partition coefficient (Wildman–Crippen LogP) is 4.05. The summed E-state index contributed by atoms with van der Waals surface area (Å²) in [6.07, 6.45) is 7.88. The number of hydrogen-bond acceptors (Lipinski definition) is 4. The second-order valence-electron chi connectivity index (χ2n) is 9.59. The van der Waals surface area contributed by atoms with Gasteiger partial charge in [0.2, 0.25) is 11.8 Å². The molecule has 0 spiro atoms. The van der Waals surface area contributed by atoms with Crippen molar-refractivity contribution < 1.29 is 14.4 Å². The Balaban J connectivity index is 1.25. The van der Waals surface area contributed by atoms with Crippen molar-refractivity contribution in [1.82, 2.24) is 10.2 Å². The van der Waals surface area contributed by atoms with Crippen molar-refractivity contribution in [3.63, 3.8) is 0 Å². The molecule has 2 N–H and O–H groups in total. The third kappa shape index (κ3) is 4.65. The molecule has 2 heterocycles. The molecule has 2 aliphatic heterocycles. The van der Waals surface area contributed by atoms with Gasteiger partial charge in [-0.05, 0) is 67.3 Å². The number of piperidine rings is 1.